The smallest absolute Gasteiger partial charge is 0.315 e. The average Bonchev–Trinajstić information content (AvgIpc) is 2.72. The first-order valence-electron chi connectivity index (χ1n) is 9.85. The first-order chi connectivity index (χ1) is 14.0. The number of esters is 1. The van der Waals surface area contributed by atoms with Gasteiger partial charge in [0.2, 0.25) is 0 Å². The summed E-state index contributed by atoms with van der Waals surface area (Å²) < 4.78 is 5.63. The molecule has 29 heavy (non-hydrogen) atoms. The number of hydrogen-bond acceptors (Lipinski definition) is 5. The van der Waals surface area contributed by atoms with Gasteiger partial charge in [0.15, 0.2) is 5.78 Å². The van der Waals surface area contributed by atoms with Crippen LogP contribution in [-0.2, 0) is 20.9 Å². The van der Waals surface area contributed by atoms with Gasteiger partial charge < -0.3 is 9.84 Å². The number of carbonyl (C=O) groups excluding carboxylic acids is 2. The Labute approximate surface area is 169 Å². The number of aliphatic imine (C=N–C) groups is 1. The second kappa shape index (κ2) is 8.03. The average molecular weight is 389 g/mol. The molecule has 148 valence electrons. The Bertz CT molecular complexity index is 989. The zero-order chi connectivity index (χ0) is 20.4. The topological polar surface area (TPSA) is 76.0 Å². The zero-order valence-corrected chi connectivity index (χ0v) is 16.3. The molecule has 2 aromatic rings. The molecule has 0 bridgehead atoms. The molecule has 4 rings (SSSR count). The minimum Gasteiger partial charge on any atom is -0.508 e. The van der Waals surface area contributed by atoms with Crippen LogP contribution in [0.2, 0.25) is 0 Å². The summed E-state index contributed by atoms with van der Waals surface area (Å²) in [6.45, 7) is 2.00. The molecule has 0 saturated carbocycles. The molecule has 1 N–H and O–H groups in total. The van der Waals surface area contributed by atoms with Crippen molar-refractivity contribution in [2.24, 2.45) is 10.9 Å². The first-order valence-corrected chi connectivity index (χ1v) is 9.85. The van der Waals surface area contributed by atoms with E-state index in [-0.39, 0.29) is 18.1 Å². The van der Waals surface area contributed by atoms with Gasteiger partial charge in [0.25, 0.3) is 0 Å². The van der Waals surface area contributed by atoms with Gasteiger partial charge >= 0.3 is 5.97 Å². The van der Waals surface area contributed by atoms with Crippen LogP contribution < -0.4 is 0 Å². The highest BCUT2D eigenvalue weighted by Gasteiger charge is 2.43. The summed E-state index contributed by atoms with van der Waals surface area (Å²) >= 11 is 0. The summed E-state index contributed by atoms with van der Waals surface area (Å²) in [6.07, 6.45) is 1.98. The van der Waals surface area contributed by atoms with Gasteiger partial charge in [-0.2, -0.15) is 0 Å². The summed E-state index contributed by atoms with van der Waals surface area (Å²) in [7, 11) is 0. The van der Waals surface area contributed by atoms with Crippen LogP contribution in [0.1, 0.15) is 43.2 Å². The summed E-state index contributed by atoms with van der Waals surface area (Å²) in [6, 6.07) is 16.2. The Kier molecular flexibility index (Phi) is 5.30. The monoisotopic (exact) mass is 389 g/mol. The predicted octanol–water partition coefficient (Wildman–Crippen LogP) is 4.32. The number of ether oxygens (including phenoxy) is 1. The van der Waals surface area contributed by atoms with E-state index in [9.17, 15) is 14.7 Å². The summed E-state index contributed by atoms with van der Waals surface area (Å²) in [5.41, 5.74) is 3.77. The molecule has 2 atom stereocenters. The maximum absolute atomic E-state index is 13.1. The lowest BCUT2D eigenvalue weighted by molar-refractivity contribution is -0.148. The Balaban J connectivity index is 1.69. The third-order valence-electron chi connectivity index (χ3n) is 5.56. The van der Waals surface area contributed by atoms with Crippen molar-refractivity contribution in [3.8, 4) is 5.75 Å². The number of benzene rings is 2. The second-order valence-corrected chi connectivity index (χ2v) is 7.53. The van der Waals surface area contributed by atoms with E-state index in [0.717, 1.165) is 29.7 Å². The van der Waals surface area contributed by atoms with Crippen molar-refractivity contribution in [2.75, 3.05) is 0 Å². The lowest BCUT2D eigenvalue weighted by Crippen LogP contribution is -2.37. The van der Waals surface area contributed by atoms with Crippen molar-refractivity contribution in [3.05, 3.63) is 77.0 Å². The van der Waals surface area contributed by atoms with E-state index >= 15 is 0 Å². The van der Waals surface area contributed by atoms with Gasteiger partial charge in [0.05, 0.1) is 0 Å². The Hall–Kier alpha value is -3.21. The highest BCUT2D eigenvalue weighted by molar-refractivity contribution is 6.08. The van der Waals surface area contributed by atoms with E-state index in [0.29, 0.717) is 17.7 Å². The molecule has 5 nitrogen and oxygen atoms in total. The van der Waals surface area contributed by atoms with Gasteiger partial charge in [0, 0.05) is 29.3 Å². The number of ketones is 1. The fraction of sp³-hybridized carbons (Fsp3) is 0.292. The zero-order valence-electron chi connectivity index (χ0n) is 16.3. The third kappa shape index (κ3) is 3.86. The molecular weight excluding hydrogens is 366 g/mol. The number of nitrogens with zero attached hydrogens (tertiary/aromatic N) is 1. The van der Waals surface area contributed by atoms with E-state index in [1.807, 2.05) is 37.3 Å². The van der Waals surface area contributed by atoms with E-state index < -0.39 is 17.8 Å². The third-order valence-corrected chi connectivity index (χ3v) is 5.56. The standard InChI is InChI=1S/C24H23NO4/c1-15-21(24(28)29-14-16-6-3-2-4-7-16)22(17-10-12-18(26)13-11-17)23-19(25-15)8-5-9-20(23)27/h2-4,6-7,10-13,21-22,26H,5,8-9,14H2,1H3/t21?,22-/m1/s1. The molecular formula is C24H23NO4. The number of phenols is 1. The van der Waals surface area contributed by atoms with Crippen LogP contribution in [-0.4, -0.2) is 22.6 Å². The predicted molar refractivity (Wildman–Crippen MR) is 110 cm³/mol. The molecule has 0 aromatic heterocycles. The molecule has 5 heteroatoms. The summed E-state index contributed by atoms with van der Waals surface area (Å²) in [5, 5.41) is 9.68. The molecule has 1 aliphatic carbocycles. The van der Waals surface area contributed by atoms with Gasteiger partial charge in [-0.1, -0.05) is 42.5 Å². The molecule has 1 unspecified atom stereocenters. The maximum atomic E-state index is 13.1. The number of Topliss-reactive ketones (excluding diaryl/α,β-unsaturated/α-hetero) is 1. The number of allylic oxidation sites excluding steroid dienone is 2. The minimum atomic E-state index is -0.663. The second-order valence-electron chi connectivity index (χ2n) is 7.53. The Morgan fingerprint density at radius 2 is 1.83 bits per heavy atom. The number of hydrogen-bond donors (Lipinski definition) is 1. The van der Waals surface area contributed by atoms with Crippen LogP contribution in [0.25, 0.3) is 0 Å². The molecule has 0 amide bonds. The molecule has 1 aliphatic heterocycles. The number of phenolic OH excluding ortho intramolecular Hbond substituents is 1. The van der Waals surface area contributed by atoms with Gasteiger partial charge in [-0.3, -0.25) is 14.6 Å². The van der Waals surface area contributed by atoms with Crippen LogP contribution in [0.4, 0.5) is 0 Å². The first kappa shape index (κ1) is 19.1. The van der Waals surface area contributed by atoms with E-state index in [2.05, 4.69) is 4.99 Å². The normalized spacial score (nSPS) is 21.4. The van der Waals surface area contributed by atoms with Gasteiger partial charge in [-0.05, 0) is 43.0 Å². The maximum Gasteiger partial charge on any atom is 0.315 e. The van der Waals surface area contributed by atoms with Crippen LogP contribution in [0, 0.1) is 5.92 Å². The molecule has 0 radical (unpaired) electrons. The summed E-state index contributed by atoms with van der Waals surface area (Å²) in [5.74, 6) is -1.31. The lowest BCUT2D eigenvalue weighted by Gasteiger charge is -2.34. The minimum absolute atomic E-state index is 0.0430. The quantitative estimate of drug-likeness (QED) is 0.791. The van der Waals surface area contributed by atoms with E-state index in [1.54, 1.807) is 24.3 Å². The Morgan fingerprint density at radius 3 is 2.55 bits per heavy atom. The van der Waals surface area contributed by atoms with E-state index in [1.165, 1.54) is 0 Å². The van der Waals surface area contributed by atoms with Crippen molar-refractivity contribution < 1.29 is 19.4 Å². The van der Waals surface area contributed by atoms with Crippen LogP contribution in [0.3, 0.4) is 0 Å². The van der Waals surface area contributed by atoms with Gasteiger partial charge in [-0.15, -0.1) is 0 Å². The molecule has 0 fully saturated rings. The molecule has 1 heterocycles. The van der Waals surface area contributed by atoms with Crippen LogP contribution in [0.15, 0.2) is 70.9 Å². The summed E-state index contributed by atoms with van der Waals surface area (Å²) in [4.78, 5) is 30.6. The van der Waals surface area contributed by atoms with Gasteiger partial charge in [0.1, 0.15) is 18.3 Å². The van der Waals surface area contributed by atoms with Crippen molar-refractivity contribution in [3.63, 3.8) is 0 Å². The SMILES string of the molecule is CC1=NC2=C(C(=O)CCC2)[C@H](c2ccc(O)cc2)C1C(=O)OCc1ccccc1. The van der Waals surface area contributed by atoms with Gasteiger partial charge in [-0.25, -0.2) is 0 Å². The van der Waals surface area contributed by atoms with E-state index in [4.69, 9.17) is 4.74 Å². The van der Waals surface area contributed by atoms with Crippen LogP contribution in [0.5, 0.6) is 5.75 Å². The fourth-order valence-electron chi connectivity index (χ4n) is 4.17. The van der Waals surface area contributed by atoms with Crippen molar-refractivity contribution in [2.45, 2.75) is 38.7 Å². The van der Waals surface area contributed by atoms with Crippen molar-refractivity contribution in [1.82, 2.24) is 0 Å². The highest BCUT2D eigenvalue weighted by atomic mass is 16.5. The Morgan fingerprint density at radius 1 is 1.10 bits per heavy atom. The van der Waals surface area contributed by atoms with Crippen LogP contribution >= 0.6 is 0 Å². The highest BCUT2D eigenvalue weighted by Crippen LogP contribution is 2.43. The number of carbonyl (C=O) groups is 2. The number of aromatic hydroxyl groups is 1. The lowest BCUT2D eigenvalue weighted by atomic mass is 9.72. The molecule has 2 aromatic carbocycles. The van der Waals surface area contributed by atoms with Crippen molar-refractivity contribution >= 4 is 17.5 Å². The molecule has 0 spiro atoms. The fourth-order valence-corrected chi connectivity index (χ4v) is 4.17. The number of rotatable bonds is 4. The largest absolute Gasteiger partial charge is 0.508 e. The molecule has 0 saturated heterocycles. The van der Waals surface area contributed by atoms with Crippen molar-refractivity contribution in [1.29, 1.82) is 0 Å². The molecule has 2 aliphatic rings.